The van der Waals surface area contributed by atoms with E-state index < -0.39 is 76.6 Å². The molecule has 5 nitrogen and oxygen atoms in total. The highest BCUT2D eigenvalue weighted by Crippen LogP contribution is 2.43. The maximum atomic E-state index is 13.3. The van der Waals surface area contributed by atoms with E-state index >= 15 is 0 Å². The van der Waals surface area contributed by atoms with Gasteiger partial charge in [-0.1, -0.05) is 0 Å². The van der Waals surface area contributed by atoms with Crippen molar-refractivity contribution in [2.24, 2.45) is 0 Å². The molecule has 0 unspecified atom stereocenters. The Bertz CT molecular complexity index is 882. The quantitative estimate of drug-likeness (QED) is 0.447. The van der Waals surface area contributed by atoms with Gasteiger partial charge >= 0.3 is 30.5 Å². The second-order valence-electron chi connectivity index (χ2n) is 5.34. The van der Waals surface area contributed by atoms with E-state index in [0.717, 1.165) is 0 Å². The molecule has 16 heteroatoms. The zero-order valence-electron chi connectivity index (χ0n) is 14.9. The number of halogens is 11. The Kier molecular flexibility index (Phi) is 7.29. The first kappa shape index (κ1) is 26.1. The van der Waals surface area contributed by atoms with E-state index in [9.17, 15) is 57.9 Å². The van der Waals surface area contributed by atoms with E-state index in [-0.39, 0.29) is 0 Å². The molecule has 1 aromatic rings. The molecule has 0 radical (unpaired) electrons. The average molecular weight is 475 g/mol. The lowest BCUT2D eigenvalue weighted by molar-refractivity contribution is -0.170. The van der Waals surface area contributed by atoms with Gasteiger partial charge in [0, 0.05) is 5.56 Å². The molecule has 0 aliphatic carbocycles. The fourth-order valence-corrected chi connectivity index (χ4v) is 2.22. The lowest BCUT2D eigenvalue weighted by atomic mass is 9.95. The van der Waals surface area contributed by atoms with Crippen LogP contribution < -0.4 is 0 Å². The summed E-state index contributed by atoms with van der Waals surface area (Å²) >= 11 is 0. The van der Waals surface area contributed by atoms with Crippen molar-refractivity contribution in [2.45, 2.75) is 25.0 Å². The number of hydrogen-bond acceptors (Lipinski definition) is 5. The van der Waals surface area contributed by atoms with Crippen molar-refractivity contribution in [3.63, 3.8) is 0 Å². The zero-order valence-corrected chi connectivity index (χ0v) is 14.9. The summed E-state index contributed by atoms with van der Waals surface area (Å²) in [5.41, 5.74) is -14.4. The van der Waals surface area contributed by atoms with Crippen LogP contribution in [0.4, 0.5) is 48.3 Å². The van der Waals surface area contributed by atoms with Crippen LogP contribution in [0, 0.1) is 0 Å². The number of hydrogen-bond donors (Lipinski definition) is 0. The van der Waals surface area contributed by atoms with Gasteiger partial charge in [0.2, 0.25) is 0 Å². The monoisotopic (exact) mass is 475 g/mol. The number of pyridine rings is 1. The number of alkyl halides is 11. The highest BCUT2D eigenvalue weighted by Gasteiger charge is 2.52. The van der Waals surface area contributed by atoms with Gasteiger partial charge in [-0.2, -0.15) is 39.5 Å². The van der Waals surface area contributed by atoms with Crippen LogP contribution in [-0.2, 0) is 15.7 Å². The molecule has 31 heavy (non-hydrogen) atoms. The maximum Gasteiger partial charge on any atom is 0.434 e. The summed E-state index contributed by atoms with van der Waals surface area (Å²) in [6, 6.07) is 0. The highest BCUT2D eigenvalue weighted by atomic mass is 19.4. The first-order valence-electron chi connectivity index (χ1n) is 7.33. The zero-order chi connectivity index (χ0) is 24.5. The van der Waals surface area contributed by atoms with Gasteiger partial charge in [0.15, 0.2) is 5.69 Å². The number of esters is 2. The first-order chi connectivity index (χ1) is 13.9. The number of allylic oxidation sites excluding steroid dienone is 1. The van der Waals surface area contributed by atoms with Gasteiger partial charge in [-0.15, -0.1) is 0 Å². The van der Waals surface area contributed by atoms with Crippen LogP contribution in [0.15, 0.2) is 5.57 Å². The second-order valence-corrected chi connectivity index (χ2v) is 5.34. The number of carbonyl (C=O) groups excluding carboxylic acids is 2. The van der Waals surface area contributed by atoms with Gasteiger partial charge in [0.25, 0.3) is 6.43 Å². The minimum atomic E-state index is -6.29. The SMILES string of the molecule is COC(=O)c1c(C(F)F)nc(C(F)(F)F)c(C(=O)OC)c1C=C(C(F)(F)F)C(F)(F)F. The summed E-state index contributed by atoms with van der Waals surface area (Å²) in [5, 5.41) is 0. The largest absolute Gasteiger partial charge is 0.465 e. The molecule has 0 aliphatic heterocycles. The molecule has 0 bridgehead atoms. The number of ether oxygens (including phenoxy) is 2. The summed E-state index contributed by atoms with van der Waals surface area (Å²) in [6.07, 6.45) is -23.6. The van der Waals surface area contributed by atoms with Crippen LogP contribution >= 0.6 is 0 Å². The Morgan fingerprint density at radius 2 is 1.26 bits per heavy atom. The molecule has 0 spiro atoms. The molecule has 0 saturated heterocycles. The van der Waals surface area contributed by atoms with Gasteiger partial charge in [-0.3, -0.25) is 0 Å². The third kappa shape index (κ3) is 5.61. The lowest BCUT2D eigenvalue weighted by Crippen LogP contribution is -2.28. The van der Waals surface area contributed by atoms with Crippen LogP contribution in [0.1, 0.15) is 44.1 Å². The summed E-state index contributed by atoms with van der Waals surface area (Å²) in [5.74, 6) is -4.29. The topological polar surface area (TPSA) is 65.5 Å². The molecular formula is C15H8F11NO4. The minimum Gasteiger partial charge on any atom is -0.465 e. The van der Waals surface area contributed by atoms with Crippen LogP contribution in [0.25, 0.3) is 6.08 Å². The molecule has 1 rings (SSSR count). The molecule has 0 amide bonds. The van der Waals surface area contributed by atoms with E-state index in [0.29, 0.717) is 14.2 Å². The predicted molar refractivity (Wildman–Crippen MR) is 77.0 cm³/mol. The third-order valence-corrected chi connectivity index (χ3v) is 3.42. The van der Waals surface area contributed by atoms with Gasteiger partial charge < -0.3 is 9.47 Å². The normalized spacial score (nSPS) is 12.6. The van der Waals surface area contributed by atoms with Crippen molar-refractivity contribution in [3.8, 4) is 0 Å². The number of methoxy groups -OCH3 is 2. The molecule has 174 valence electrons. The number of carbonyl (C=O) groups is 2. The van der Waals surface area contributed by atoms with Crippen molar-refractivity contribution in [1.82, 2.24) is 4.98 Å². The van der Waals surface area contributed by atoms with Crippen LogP contribution in [0.2, 0.25) is 0 Å². The molecule has 0 N–H and O–H groups in total. The second kappa shape index (κ2) is 8.66. The fourth-order valence-electron chi connectivity index (χ4n) is 2.22. The lowest BCUT2D eigenvalue weighted by Gasteiger charge is -2.20. The standard InChI is InChI=1S/C15H8F11NO4/c1-30-11(28)6-4(3-5(13(18,19)20)14(21,22)23)7(12(29)31-2)9(15(24,25)26)27-8(6)10(16)17/h3,10H,1-2H3. The van der Waals surface area contributed by atoms with Gasteiger partial charge in [-0.25, -0.2) is 23.4 Å². The highest BCUT2D eigenvalue weighted by molar-refractivity contribution is 6.03. The Balaban J connectivity index is 4.44. The van der Waals surface area contributed by atoms with E-state index in [1.54, 1.807) is 0 Å². The van der Waals surface area contributed by atoms with Crippen LogP contribution in [0.5, 0.6) is 0 Å². The fraction of sp³-hybridized carbons (Fsp3) is 0.400. The van der Waals surface area contributed by atoms with E-state index in [1.165, 1.54) is 0 Å². The predicted octanol–water partition coefficient (Wildman–Crippen LogP) is 5.12. The van der Waals surface area contributed by atoms with E-state index in [1.807, 2.05) is 0 Å². The number of rotatable bonds is 4. The molecule has 1 heterocycles. The minimum absolute atomic E-state index is 0.392. The maximum absolute atomic E-state index is 13.3. The summed E-state index contributed by atoms with van der Waals surface area (Å²) in [6.45, 7) is 0. The van der Waals surface area contributed by atoms with Crippen molar-refractivity contribution in [1.29, 1.82) is 0 Å². The Hall–Kier alpha value is -2.94. The van der Waals surface area contributed by atoms with Crippen molar-refractivity contribution in [3.05, 3.63) is 33.7 Å². The smallest absolute Gasteiger partial charge is 0.434 e. The van der Waals surface area contributed by atoms with E-state index in [2.05, 4.69) is 14.5 Å². The Morgan fingerprint density at radius 3 is 1.58 bits per heavy atom. The molecule has 0 aliphatic rings. The van der Waals surface area contributed by atoms with Crippen LogP contribution in [-0.4, -0.2) is 43.5 Å². The summed E-state index contributed by atoms with van der Waals surface area (Å²) < 4.78 is 152. The number of nitrogens with zero attached hydrogens (tertiary/aromatic N) is 1. The first-order valence-corrected chi connectivity index (χ1v) is 7.33. The van der Waals surface area contributed by atoms with E-state index in [4.69, 9.17) is 0 Å². The molecule has 0 aromatic carbocycles. The Morgan fingerprint density at radius 1 is 0.839 bits per heavy atom. The van der Waals surface area contributed by atoms with Crippen molar-refractivity contribution in [2.75, 3.05) is 14.2 Å². The molecule has 0 saturated carbocycles. The molecular weight excluding hydrogens is 467 g/mol. The third-order valence-electron chi connectivity index (χ3n) is 3.42. The van der Waals surface area contributed by atoms with Crippen molar-refractivity contribution >= 4 is 18.0 Å². The summed E-state index contributed by atoms with van der Waals surface area (Å²) in [4.78, 5) is 26.1. The average Bonchev–Trinajstić information content (AvgIpc) is 2.60. The Labute approximate surface area is 164 Å². The van der Waals surface area contributed by atoms with Crippen molar-refractivity contribution < 1.29 is 67.4 Å². The van der Waals surface area contributed by atoms with Gasteiger partial charge in [0.1, 0.15) is 11.3 Å². The van der Waals surface area contributed by atoms with Gasteiger partial charge in [0.05, 0.1) is 25.3 Å². The van der Waals surface area contributed by atoms with Gasteiger partial charge in [-0.05, 0) is 6.08 Å². The molecule has 0 fully saturated rings. The molecule has 0 atom stereocenters. The summed E-state index contributed by atoms with van der Waals surface area (Å²) in [7, 11) is 0.832. The number of aromatic nitrogens is 1. The molecule has 1 aromatic heterocycles. The van der Waals surface area contributed by atoms with Crippen LogP contribution in [0.3, 0.4) is 0 Å².